The van der Waals surface area contributed by atoms with Gasteiger partial charge in [0.1, 0.15) is 29.6 Å². The number of hydrogen-bond donors (Lipinski definition) is 1. The molecule has 2 fully saturated rings. The van der Waals surface area contributed by atoms with Crippen molar-refractivity contribution in [2.45, 2.75) is 25.3 Å². The van der Waals surface area contributed by atoms with E-state index in [1.54, 1.807) is 24.3 Å². The van der Waals surface area contributed by atoms with Crippen LogP contribution in [0.2, 0.25) is 0 Å². The lowest BCUT2D eigenvalue weighted by Gasteiger charge is -2.42. The minimum Gasteiger partial charge on any atom is -0.383 e. The normalized spacial score (nSPS) is 18.5. The molecule has 2 aromatic carbocycles. The highest BCUT2D eigenvalue weighted by Crippen LogP contribution is 2.34. The molecule has 8 heteroatoms. The molecule has 0 saturated carbocycles. The molecule has 0 radical (unpaired) electrons. The topological polar surface area (TPSA) is 61.5 Å². The summed E-state index contributed by atoms with van der Waals surface area (Å²) in [5, 5.41) is 0. The molecular formula is C27H32F2N6. The number of anilines is 2. The van der Waals surface area contributed by atoms with Crippen molar-refractivity contribution in [2.24, 2.45) is 0 Å². The SMILES string of the molecule is Nc1ncnc(N2CCN(C(CN3CCCCC3)c3ccc(F)cc3)CC2)c1-c1ccc(F)cc1. The lowest BCUT2D eigenvalue weighted by molar-refractivity contribution is 0.119. The number of piperazine rings is 1. The fourth-order valence-corrected chi connectivity index (χ4v) is 5.27. The number of aromatic nitrogens is 2. The van der Waals surface area contributed by atoms with Crippen LogP contribution in [-0.2, 0) is 0 Å². The number of benzene rings is 2. The second kappa shape index (κ2) is 10.7. The van der Waals surface area contributed by atoms with Gasteiger partial charge < -0.3 is 15.5 Å². The Bertz CT molecular complexity index is 1110. The molecule has 1 unspecified atom stereocenters. The Balaban J connectivity index is 1.35. The van der Waals surface area contributed by atoms with E-state index in [0.29, 0.717) is 5.82 Å². The summed E-state index contributed by atoms with van der Waals surface area (Å²) in [4.78, 5) is 16.0. The van der Waals surface area contributed by atoms with Gasteiger partial charge in [0.25, 0.3) is 0 Å². The summed E-state index contributed by atoms with van der Waals surface area (Å²) < 4.78 is 27.2. The van der Waals surface area contributed by atoms with Gasteiger partial charge in [0.05, 0.1) is 5.56 Å². The molecule has 5 rings (SSSR count). The van der Waals surface area contributed by atoms with Crippen LogP contribution in [0.3, 0.4) is 0 Å². The first-order valence-electron chi connectivity index (χ1n) is 12.4. The summed E-state index contributed by atoms with van der Waals surface area (Å²) in [6, 6.07) is 13.5. The Morgan fingerprint density at radius 3 is 2.06 bits per heavy atom. The van der Waals surface area contributed by atoms with Crippen LogP contribution in [0.25, 0.3) is 11.1 Å². The third-order valence-electron chi connectivity index (χ3n) is 7.18. The number of likely N-dealkylation sites (tertiary alicyclic amines) is 1. The molecule has 0 aliphatic carbocycles. The van der Waals surface area contributed by atoms with Crippen molar-refractivity contribution in [3.05, 3.63) is 72.1 Å². The maximum Gasteiger partial charge on any atom is 0.142 e. The molecule has 35 heavy (non-hydrogen) atoms. The molecule has 2 aliphatic heterocycles. The summed E-state index contributed by atoms with van der Waals surface area (Å²) >= 11 is 0. The quantitative estimate of drug-likeness (QED) is 0.568. The van der Waals surface area contributed by atoms with Crippen LogP contribution < -0.4 is 10.6 Å². The third kappa shape index (κ3) is 5.44. The Kier molecular flexibility index (Phi) is 7.20. The van der Waals surface area contributed by atoms with Crippen molar-refractivity contribution < 1.29 is 8.78 Å². The molecule has 2 N–H and O–H groups in total. The van der Waals surface area contributed by atoms with Gasteiger partial charge in [-0.15, -0.1) is 0 Å². The number of piperidine rings is 1. The van der Waals surface area contributed by atoms with Crippen molar-refractivity contribution in [1.82, 2.24) is 19.8 Å². The monoisotopic (exact) mass is 478 g/mol. The molecular weight excluding hydrogens is 446 g/mol. The molecule has 1 aromatic heterocycles. The first kappa shape index (κ1) is 23.6. The van der Waals surface area contributed by atoms with E-state index in [1.807, 2.05) is 12.1 Å². The lowest BCUT2D eigenvalue weighted by Crippen LogP contribution is -2.50. The molecule has 0 bridgehead atoms. The first-order valence-corrected chi connectivity index (χ1v) is 12.4. The van der Waals surface area contributed by atoms with E-state index in [-0.39, 0.29) is 17.7 Å². The van der Waals surface area contributed by atoms with Crippen LogP contribution in [0, 0.1) is 11.6 Å². The van der Waals surface area contributed by atoms with E-state index in [1.165, 1.54) is 37.7 Å². The number of rotatable bonds is 6. The van der Waals surface area contributed by atoms with Crippen LogP contribution in [0.15, 0.2) is 54.9 Å². The summed E-state index contributed by atoms with van der Waals surface area (Å²) in [5.74, 6) is 0.668. The van der Waals surface area contributed by atoms with Gasteiger partial charge >= 0.3 is 0 Å². The van der Waals surface area contributed by atoms with Gasteiger partial charge in [-0.05, 0) is 61.3 Å². The van der Waals surface area contributed by atoms with E-state index in [2.05, 4.69) is 24.7 Å². The van der Waals surface area contributed by atoms with Gasteiger partial charge in [0.2, 0.25) is 0 Å². The summed E-state index contributed by atoms with van der Waals surface area (Å²) in [5.41, 5.74) is 8.95. The molecule has 184 valence electrons. The first-order chi connectivity index (χ1) is 17.1. The molecule has 2 aliphatic rings. The molecule has 3 aromatic rings. The van der Waals surface area contributed by atoms with Gasteiger partial charge in [-0.3, -0.25) is 4.90 Å². The van der Waals surface area contributed by atoms with Crippen LogP contribution in [-0.4, -0.2) is 65.6 Å². The fraction of sp³-hybridized carbons (Fsp3) is 0.407. The van der Waals surface area contributed by atoms with E-state index in [0.717, 1.165) is 68.3 Å². The maximum absolute atomic E-state index is 13.6. The number of halogens is 2. The summed E-state index contributed by atoms with van der Waals surface area (Å²) in [6.07, 6.45) is 5.27. The Morgan fingerprint density at radius 1 is 0.771 bits per heavy atom. The molecule has 0 spiro atoms. The zero-order valence-corrected chi connectivity index (χ0v) is 19.9. The average molecular weight is 479 g/mol. The second-order valence-corrected chi connectivity index (χ2v) is 9.42. The van der Waals surface area contributed by atoms with Gasteiger partial charge in [-0.2, -0.15) is 0 Å². The minimum absolute atomic E-state index is 0.204. The number of nitrogens with two attached hydrogens (primary N) is 1. The average Bonchev–Trinajstić information content (AvgIpc) is 2.89. The highest BCUT2D eigenvalue weighted by molar-refractivity contribution is 5.84. The van der Waals surface area contributed by atoms with Crippen LogP contribution in [0.4, 0.5) is 20.4 Å². The third-order valence-corrected chi connectivity index (χ3v) is 7.18. The van der Waals surface area contributed by atoms with Crippen LogP contribution in [0.5, 0.6) is 0 Å². The smallest absolute Gasteiger partial charge is 0.142 e. The molecule has 0 amide bonds. The predicted octanol–water partition coefficient (Wildman–Crippen LogP) is 4.35. The van der Waals surface area contributed by atoms with Crippen molar-refractivity contribution in [1.29, 1.82) is 0 Å². The molecule has 1 atom stereocenters. The minimum atomic E-state index is -0.292. The lowest BCUT2D eigenvalue weighted by atomic mass is 10.0. The van der Waals surface area contributed by atoms with Gasteiger partial charge in [-0.25, -0.2) is 18.7 Å². The molecule has 2 saturated heterocycles. The highest BCUT2D eigenvalue weighted by Gasteiger charge is 2.29. The Labute approximate surface area is 205 Å². The van der Waals surface area contributed by atoms with Gasteiger partial charge in [0.15, 0.2) is 0 Å². The highest BCUT2D eigenvalue weighted by atomic mass is 19.1. The van der Waals surface area contributed by atoms with Gasteiger partial charge in [0, 0.05) is 38.8 Å². The van der Waals surface area contributed by atoms with Crippen molar-refractivity contribution in [3.63, 3.8) is 0 Å². The van der Waals surface area contributed by atoms with Crippen LogP contribution >= 0.6 is 0 Å². The van der Waals surface area contributed by atoms with Crippen LogP contribution in [0.1, 0.15) is 30.9 Å². The maximum atomic E-state index is 13.6. The van der Waals surface area contributed by atoms with Crippen molar-refractivity contribution in [2.75, 3.05) is 56.4 Å². The zero-order chi connectivity index (χ0) is 24.2. The van der Waals surface area contributed by atoms with Crippen molar-refractivity contribution in [3.8, 4) is 11.1 Å². The zero-order valence-electron chi connectivity index (χ0n) is 19.9. The van der Waals surface area contributed by atoms with E-state index in [9.17, 15) is 8.78 Å². The molecule has 6 nitrogen and oxygen atoms in total. The Morgan fingerprint density at radius 2 is 1.40 bits per heavy atom. The van der Waals surface area contributed by atoms with E-state index in [4.69, 9.17) is 5.73 Å². The van der Waals surface area contributed by atoms with Crippen molar-refractivity contribution >= 4 is 11.6 Å². The fourth-order valence-electron chi connectivity index (χ4n) is 5.27. The predicted molar refractivity (Wildman–Crippen MR) is 135 cm³/mol. The number of nitrogens with zero attached hydrogens (tertiary/aromatic N) is 5. The summed E-state index contributed by atoms with van der Waals surface area (Å²) in [6.45, 7) is 6.46. The summed E-state index contributed by atoms with van der Waals surface area (Å²) in [7, 11) is 0. The second-order valence-electron chi connectivity index (χ2n) is 9.42. The number of nitrogen functional groups attached to an aromatic ring is 1. The standard InChI is InChI=1S/C27H32F2N6/c28-22-8-4-20(5-9-22)24(18-33-12-2-1-3-13-33)34-14-16-35(17-15-34)27-25(26(30)31-19-32-27)21-6-10-23(29)11-7-21/h4-11,19,24H,1-3,12-18H2,(H2,30,31,32). The van der Waals surface area contributed by atoms with E-state index >= 15 is 0 Å². The van der Waals surface area contributed by atoms with Gasteiger partial charge in [-0.1, -0.05) is 30.7 Å². The Hall–Kier alpha value is -3.10. The largest absolute Gasteiger partial charge is 0.383 e. The number of hydrogen-bond acceptors (Lipinski definition) is 6. The van der Waals surface area contributed by atoms with E-state index < -0.39 is 0 Å². The molecule has 3 heterocycles.